The number of rotatable bonds is 0. The van der Waals surface area contributed by atoms with Crippen molar-refractivity contribution < 1.29 is 4.79 Å². The molecule has 0 heterocycles. The van der Waals surface area contributed by atoms with Gasteiger partial charge in [0.2, 0.25) is 0 Å². The Balaban J connectivity index is -0.0000000326. The first-order valence-corrected chi connectivity index (χ1v) is 2.24. The predicted octanol–water partition coefficient (Wildman–Crippen LogP) is 0.646. The minimum absolute atomic E-state index is 0. The molecular formula is C5H14ClN3O. The van der Waals surface area contributed by atoms with Gasteiger partial charge >= 0.3 is 0 Å². The predicted molar refractivity (Wildman–Crippen MR) is 43.3 cm³/mol. The molecular weight excluding hydrogens is 154 g/mol. The van der Waals surface area contributed by atoms with Crippen LogP contribution in [-0.2, 0) is 4.79 Å². The fraction of sp³-hybridized carbons (Fsp3) is 0.600. The molecule has 5 N–H and O–H groups in total. The average Bonchev–Trinajstić information content (AvgIpc) is 1.69. The van der Waals surface area contributed by atoms with Gasteiger partial charge in [0.05, 0.1) is 12.1 Å². The molecule has 0 aromatic heterocycles. The summed E-state index contributed by atoms with van der Waals surface area (Å²) < 4.78 is 0. The van der Waals surface area contributed by atoms with Crippen LogP contribution in [0, 0.1) is 11.3 Å². The van der Waals surface area contributed by atoms with E-state index in [1.807, 2.05) is 0 Å². The first-order valence-electron chi connectivity index (χ1n) is 2.24. The summed E-state index contributed by atoms with van der Waals surface area (Å²) in [5.41, 5.74) is 4.93. The topological polar surface area (TPSA) is 102 Å². The van der Waals surface area contributed by atoms with Crippen molar-refractivity contribution in [2.24, 2.45) is 5.73 Å². The molecule has 0 aliphatic rings. The third kappa shape index (κ3) is 159. The van der Waals surface area contributed by atoms with Gasteiger partial charge < -0.3 is 16.7 Å². The Bertz CT molecular complexity index is 89.4. The van der Waals surface area contributed by atoms with Crippen LogP contribution in [0.1, 0.15) is 13.8 Å². The van der Waals surface area contributed by atoms with Gasteiger partial charge in [0.25, 0.3) is 0 Å². The van der Waals surface area contributed by atoms with Crippen molar-refractivity contribution in [2.45, 2.75) is 19.9 Å². The number of halogens is 1. The molecule has 0 amide bonds. The maximum atomic E-state index is 8.81. The lowest BCUT2D eigenvalue weighted by atomic mass is 10.4. The molecule has 0 saturated carbocycles. The van der Waals surface area contributed by atoms with E-state index in [1.54, 1.807) is 13.0 Å². The van der Waals surface area contributed by atoms with Gasteiger partial charge in [-0.3, -0.25) is 0 Å². The van der Waals surface area contributed by atoms with Crippen LogP contribution >= 0.6 is 12.4 Å². The van der Waals surface area contributed by atoms with Crippen molar-refractivity contribution in [3.05, 3.63) is 0 Å². The molecule has 0 aliphatic heterocycles. The normalized spacial score (nSPS) is 7.80. The van der Waals surface area contributed by atoms with Crippen molar-refractivity contribution in [1.82, 2.24) is 6.15 Å². The largest absolute Gasteiger partial charge is 0.344 e. The van der Waals surface area contributed by atoms with E-state index in [0.717, 1.165) is 6.29 Å². The van der Waals surface area contributed by atoms with Gasteiger partial charge in [0.15, 0.2) is 0 Å². The van der Waals surface area contributed by atoms with Crippen LogP contribution in [-0.4, -0.2) is 12.3 Å². The van der Waals surface area contributed by atoms with Crippen LogP contribution in [0.2, 0.25) is 0 Å². The van der Waals surface area contributed by atoms with Gasteiger partial charge in [-0.15, -0.1) is 12.4 Å². The summed E-state index contributed by atoms with van der Waals surface area (Å²) in [6, 6.07) is 1.50. The van der Waals surface area contributed by atoms with Gasteiger partial charge in [-0.1, -0.05) is 0 Å². The number of nitrogens with two attached hydrogens (primary N) is 1. The Morgan fingerprint density at radius 1 is 1.70 bits per heavy atom. The molecule has 4 nitrogen and oxygen atoms in total. The fourth-order valence-electron chi connectivity index (χ4n) is 0. The highest BCUT2D eigenvalue weighted by Gasteiger charge is 1.78. The molecule has 0 aliphatic carbocycles. The lowest BCUT2D eigenvalue weighted by Crippen LogP contribution is -2.09. The van der Waals surface area contributed by atoms with Gasteiger partial charge in [0, 0.05) is 0 Å². The molecule has 0 saturated heterocycles. The molecule has 10 heavy (non-hydrogen) atoms. The van der Waals surface area contributed by atoms with Gasteiger partial charge in [-0.2, -0.15) is 5.26 Å². The quantitative estimate of drug-likeness (QED) is 0.517. The highest BCUT2D eigenvalue weighted by Crippen LogP contribution is 1.59. The van der Waals surface area contributed by atoms with E-state index >= 15 is 0 Å². The van der Waals surface area contributed by atoms with Crippen molar-refractivity contribution in [3.63, 3.8) is 0 Å². The lowest BCUT2D eigenvalue weighted by molar-refractivity contribution is -0.106. The first-order chi connectivity index (χ1) is 3.68. The second-order valence-corrected chi connectivity index (χ2v) is 1.15. The van der Waals surface area contributed by atoms with Gasteiger partial charge in [0.1, 0.15) is 6.29 Å². The summed E-state index contributed by atoms with van der Waals surface area (Å²) in [6.45, 7) is 3.08. The smallest absolute Gasteiger partial charge is 0.116 e. The average molecular weight is 168 g/mol. The SMILES string of the molecule is CC(N)C#N.CC=O.Cl.N. The third-order valence-electron chi connectivity index (χ3n) is 0.204. The number of hydrogen-bond donors (Lipinski definition) is 2. The Labute approximate surface area is 67.4 Å². The molecule has 0 rings (SSSR count). The first kappa shape index (κ1) is 22.8. The van der Waals surface area contributed by atoms with E-state index in [4.69, 9.17) is 15.8 Å². The maximum Gasteiger partial charge on any atom is 0.116 e. The summed E-state index contributed by atoms with van der Waals surface area (Å²) >= 11 is 0. The van der Waals surface area contributed by atoms with E-state index in [0.29, 0.717) is 0 Å². The zero-order valence-corrected chi connectivity index (χ0v) is 7.02. The maximum absolute atomic E-state index is 8.81. The van der Waals surface area contributed by atoms with Crippen molar-refractivity contribution in [2.75, 3.05) is 0 Å². The van der Waals surface area contributed by atoms with Crippen LogP contribution in [0.5, 0.6) is 0 Å². The van der Waals surface area contributed by atoms with Crippen molar-refractivity contribution in [3.8, 4) is 6.07 Å². The van der Waals surface area contributed by atoms with E-state index in [1.165, 1.54) is 6.92 Å². The molecule has 1 atom stereocenters. The van der Waals surface area contributed by atoms with Crippen LogP contribution in [0.15, 0.2) is 0 Å². The van der Waals surface area contributed by atoms with Crippen LogP contribution < -0.4 is 11.9 Å². The Hall–Kier alpha value is -0.630. The molecule has 5 heteroatoms. The summed E-state index contributed by atoms with van der Waals surface area (Å²) in [7, 11) is 0. The number of nitriles is 1. The van der Waals surface area contributed by atoms with E-state index in [-0.39, 0.29) is 24.6 Å². The minimum atomic E-state index is -0.310. The van der Waals surface area contributed by atoms with Crippen molar-refractivity contribution in [1.29, 1.82) is 5.26 Å². The van der Waals surface area contributed by atoms with Crippen LogP contribution in [0.25, 0.3) is 0 Å². The minimum Gasteiger partial charge on any atom is -0.344 e. The van der Waals surface area contributed by atoms with E-state index < -0.39 is 0 Å². The second-order valence-electron chi connectivity index (χ2n) is 1.15. The van der Waals surface area contributed by atoms with Gasteiger partial charge in [-0.25, -0.2) is 0 Å². The Morgan fingerprint density at radius 3 is 1.80 bits per heavy atom. The highest BCUT2D eigenvalue weighted by molar-refractivity contribution is 5.85. The number of carbonyl (C=O) groups is 1. The molecule has 0 radical (unpaired) electrons. The van der Waals surface area contributed by atoms with Crippen LogP contribution in [0.3, 0.4) is 0 Å². The van der Waals surface area contributed by atoms with E-state index in [9.17, 15) is 0 Å². The van der Waals surface area contributed by atoms with E-state index in [2.05, 4.69) is 0 Å². The standard InChI is InChI=1S/C3H6N2.C2H4O.ClH.H3N/c1-3(5)2-4;1-2-3;;/h3H,5H2,1H3;2H,1H3;1H;1H3. The molecule has 0 fully saturated rings. The molecule has 62 valence electrons. The molecule has 1 unspecified atom stereocenters. The summed E-state index contributed by atoms with van der Waals surface area (Å²) in [6.07, 6.45) is 0.750. The summed E-state index contributed by atoms with van der Waals surface area (Å²) in [5.74, 6) is 0. The Morgan fingerprint density at radius 2 is 1.80 bits per heavy atom. The van der Waals surface area contributed by atoms with Crippen molar-refractivity contribution >= 4 is 18.7 Å². The summed E-state index contributed by atoms with van der Waals surface area (Å²) in [4.78, 5) is 8.81. The zero-order chi connectivity index (χ0) is 6.99. The van der Waals surface area contributed by atoms with Gasteiger partial charge in [-0.05, 0) is 13.8 Å². The molecule has 0 bridgehead atoms. The molecule has 0 aromatic carbocycles. The highest BCUT2D eigenvalue weighted by atomic mass is 35.5. The fourth-order valence-corrected chi connectivity index (χ4v) is 0. The monoisotopic (exact) mass is 167 g/mol. The van der Waals surface area contributed by atoms with Crippen LogP contribution in [0.4, 0.5) is 0 Å². The second kappa shape index (κ2) is 23.8. The third-order valence-corrected chi connectivity index (χ3v) is 0.204. The number of carbonyl (C=O) groups excluding carboxylic acids is 1. The zero-order valence-electron chi connectivity index (χ0n) is 6.20. The molecule has 0 aromatic rings. The number of nitrogens with zero attached hydrogens (tertiary/aromatic N) is 1. The number of hydrogen-bond acceptors (Lipinski definition) is 4. The molecule has 0 spiro atoms. The lowest BCUT2D eigenvalue weighted by Gasteiger charge is -1.78. The summed E-state index contributed by atoms with van der Waals surface area (Å²) in [5, 5.41) is 7.77. The Kier molecular flexibility index (Phi) is 54.2. The number of aldehydes is 1.